The maximum Gasteiger partial charge on any atom is 0.295 e. The monoisotopic (exact) mass is 529 g/mol. The lowest BCUT2D eigenvalue weighted by Gasteiger charge is -2.26. The largest absolute Gasteiger partial charge is 0.507 e. The predicted molar refractivity (Wildman–Crippen MR) is 147 cm³/mol. The van der Waals surface area contributed by atoms with E-state index in [9.17, 15) is 24.8 Å². The van der Waals surface area contributed by atoms with E-state index in [-0.39, 0.29) is 23.6 Å². The number of rotatable bonds is 10. The van der Waals surface area contributed by atoms with Crippen LogP contribution in [0.25, 0.3) is 5.76 Å². The number of aliphatic hydroxyl groups is 1. The summed E-state index contributed by atoms with van der Waals surface area (Å²) in [5, 5.41) is 22.5. The van der Waals surface area contributed by atoms with E-state index in [0.717, 1.165) is 11.1 Å². The molecule has 3 aromatic rings. The molecule has 1 atom stereocenters. The van der Waals surface area contributed by atoms with E-state index in [1.165, 1.54) is 29.2 Å². The topological polar surface area (TPSA) is 113 Å². The fourth-order valence-electron chi connectivity index (χ4n) is 4.64. The Labute approximate surface area is 227 Å². The van der Waals surface area contributed by atoms with Crippen molar-refractivity contribution in [1.82, 2.24) is 9.80 Å². The molecule has 1 aliphatic rings. The average Bonchev–Trinajstić information content (AvgIpc) is 3.17. The van der Waals surface area contributed by atoms with Crippen LogP contribution in [0.1, 0.15) is 34.7 Å². The Bertz CT molecular complexity index is 1400. The molecule has 1 saturated heterocycles. The maximum atomic E-state index is 13.2. The fraction of sp³-hybridized carbons (Fsp3) is 0.267. The van der Waals surface area contributed by atoms with Crippen molar-refractivity contribution >= 4 is 23.1 Å². The first kappa shape index (κ1) is 27.5. The lowest BCUT2D eigenvalue weighted by Crippen LogP contribution is -2.32. The molecule has 9 nitrogen and oxygen atoms in total. The molecule has 9 heteroatoms. The molecular weight excluding hydrogens is 498 g/mol. The Balaban J connectivity index is 1.69. The van der Waals surface area contributed by atoms with E-state index in [4.69, 9.17) is 4.74 Å². The standard InChI is InChI=1S/C30H31N3O6/c1-20-18-23(12-15-25(20)39-19-21-8-5-4-6-9-21)28(34)26-27(22-10-13-24(14-11-22)33(37)38)32(30(36)29(26)35)17-7-16-31(2)3/h4-6,8-15,18,27,34H,7,16-17,19H2,1-3H3/t27-/m0/s1. The number of aryl methyl sites for hydroxylation is 1. The summed E-state index contributed by atoms with van der Waals surface area (Å²) in [4.78, 5) is 40.4. The fourth-order valence-corrected chi connectivity index (χ4v) is 4.64. The van der Waals surface area contributed by atoms with Crippen LogP contribution >= 0.6 is 0 Å². The molecule has 1 amide bonds. The van der Waals surface area contributed by atoms with Crippen molar-refractivity contribution in [1.29, 1.82) is 0 Å². The van der Waals surface area contributed by atoms with E-state index >= 15 is 0 Å². The summed E-state index contributed by atoms with van der Waals surface area (Å²) in [6.45, 7) is 3.20. The quantitative estimate of drug-likeness (QED) is 0.131. The zero-order chi connectivity index (χ0) is 28.1. The highest BCUT2D eigenvalue weighted by Crippen LogP contribution is 2.40. The third-order valence-electron chi connectivity index (χ3n) is 6.65. The number of carbonyl (C=O) groups is 2. The van der Waals surface area contributed by atoms with Crippen LogP contribution in [0.4, 0.5) is 5.69 Å². The normalized spacial score (nSPS) is 16.6. The molecule has 1 N–H and O–H groups in total. The van der Waals surface area contributed by atoms with Crippen LogP contribution in [0.2, 0.25) is 0 Å². The second kappa shape index (κ2) is 11.9. The van der Waals surface area contributed by atoms with Crippen molar-refractivity contribution < 1.29 is 24.4 Å². The van der Waals surface area contributed by atoms with E-state index in [0.29, 0.717) is 36.4 Å². The van der Waals surface area contributed by atoms with Crippen LogP contribution in [0.5, 0.6) is 5.75 Å². The van der Waals surface area contributed by atoms with Crippen LogP contribution in [-0.2, 0) is 16.2 Å². The van der Waals surface area contributed by atoms with Gasteiger partial charge in [0.1, 0.15) is 18.1 Å². The number of benzene rings is 3. The number of aliphatic hydroxyl groups excluding tert-OH is 1. The Kier molecular flexibility index (Phi) is 8.41. The molecule has 0 unspecified atom stereocenters. The summed E-state index contributed by atoms with van der Waals surface area (Å²) < 4.78 is 5.94. The highest BCUT2D eigenvalue weighted by Gasteiger charge is 2.45. The lowest BCUT2D eigenvalue weighted by molar-refractivity contribution is -0.384. The average molecular weight is 530 g/mol. The van der Waals surface area contributed by atoms with Gasteiger partial charge in [-0.1, -0.05) is 30.3 Å². The van der Waals surface area contributed by atoms with Gasteiger partial charge in [-0.3, -0.25) is 19.7 Å². The van der Waals surface area contributed by atoms with E-state index in [2.05, 4.69) is 0 Å². The molecule has 4 rings (SSSR count). The van der Waals surface area contributed by atoms with Crippen LogP contribution < -0.4 is 4.74 Å². The molecular formula is C30H31N3O6. The number of nitro groups is 1. The number of ketones is 1. The molecule has 1 fully saturated rings. The van der Waals surface area contributed by atoms with Gasteiger partial charge < -0.3 is 19.6 Å². The van der Waals surface area contributed by atoms with Gasteiger partial charge in [0.05, 0.1) is 16.5 Å². The second-order valence-corrected chi connectivity index (χ2v) is 9.75. The predicted octanol–water partition coefficient (Wildman–Crippen LogP) is 4.86. The second-order valence-electron chi connectivity index (χ2n) is 9.75. The summed E-state index contributed by atoms with van der Waals surface area (Å²) in [5.74, 6) is -1.17. The van der Waals surface area contributed by atoms with Crippen molar-refractivity contribution in [3.05, 3.63) is 111 Å². The summed E-state index contributed by atoms with van der Waals surface area (Å²) in [5.41, 5.74) is 2.49. The summed E-state index contributed by atoms with van der Waals surface area (Å²) in [6.07, 6.45) is 0.607. The zero-order valence-electron chi connectivity index (χ0n) is 22.2. The highest BCUT2D eigenvalue weighted by atomic mass is 16.6. The van der Waals surface area contributed by atoms with Gasteiger partial charge in [-0.15, -0.1) is 0 Å². The molecule has 0 aromatic heterocycles. The van der Waals surface area contributed by atoms with Crippen molar-refractivity contribution in [2.45, 2.75) is 26.0 Å². The van der Waals surface area contributed by atoms with Gasteiger partial charge in [-0.25, -0.2) is 0 Å². The Morgan fingerprint density at radius 2 is 1.74 bits per heavy atom. The van der Waals surface area contributed by atoms with Crippen molar-refractivity contribution in [3.8, 4) is 5.75 Å². The van der Waals surface area contributed by atoms with Gasteiger partial charge in [-0.05, 0) is 81.0 Å². The highest BCUT2D eigenvalue weighted by molar-refractivity contribution is 6.46. The summed E-state index contributed by atoms with van der Waals surface area (Å²) in [7, 11) is 3.83. The zero-order valence-corrected chi connectivity index (χ0v) is 22.2. The number of nitrogens with zero attached hydrogens (tertiary/aromatic N) is 3. The number of non-ortho nitro benzene ring substituents is 1. The third-order valence-corrected chi connectivity index (χ3v) is 6.65. The SMILES string of the molecule is Cc1cc(C(O)=C2C(=O)C(=O)N(CCCN(C)C)[C@H]2c2ccc([N+](=O)[O-])cc2)ccc1OCc1ccccc1. The minimum atomic E-state index is -0.873. The summed E-state index contributed by atoms with van der Waals surface area (Å²) in [6, 6.07) is 19.6. The molecule has 1 heterocycles. The minimum absolute atomic E-state index is 0.0453. The van der Waals surface area contributed by atoms with Gasteiger partial charge in [0.25, 0.3) is 17.4 Å². The number of hydrogen-bond acceptors (Lipinski definition) is 7. The first-order valence-electron chi connectivity index (χ1n) is 12.6. The van der Waals surface area contributed by atoms with E-state index < -0.39 is 22.7 Å². The first-order valence-corrected chi connectivity index (χ1v) is 12.6. The minimum Gasteiger partial charge on any atom is -0.507 e. The van der Waals surface area contributed by atoms with Gasteiger partial charge in [-0.2, -0.15) is 0 Å². The molecule has 202 valence electrons. The van der Waals surface area contributed by atoms with Gasteiger partial charge >= 0.3 is 0 Å². The van der Waals surface area contributed by atoms with Crippen LogP contribution in [0, 0.1) is 17.0 Å². The molecule has 1 aliphatic heterocycles. The molecule has 0 spiro atoms. The van der Waals surface area contributed by atoms with Crippen LogP contribution in [-0.4, -0.2) is 58.7 Å². The van der Waals surface area contributed by atoms with Crippen LogP contribution in [0.3, 0.4) is 0 Å². The lowest BCUT2D eigenvalue weighted by atomic mass is 9.94. The molecule has 0 aliphatic carbocycles. The van der Waals surface area contributed by atoms with Gasteiger partial charge in [0, 0.05) is 24.2 Å². The number of nitro benzene ring substituents is 1. The maximum absolute atomic E-state index is 13.2. The first-order chi connectivity index (χ1) is 18.7. The third kappa shape index (κ3) is 6.15. The number of ether oxygens (including phenoxy) is 1. The van der Waals surface area contributed by atoms with Crippen molar-refractivity contribution in [3.63, 3.8) is 0 Å². The number of hydrogen-bond donors (Lipinski definition) is 1. The number of likely N-dealkylation sites (tertiary alicyclic amines) is 1. The molecule has 39 heavy (non-hydrogen) atoms. The number of carbonyl (C=O) groups excluding carboxylic acids is 2. The Morgan fingerprint density at radius 1 is 1.05 bits per heavy atom. The van der Waals surface area contributed by atoms with Crippen LogP contribution in [0.15, 0.2) is 78.4 Å². The Hall–Kier alpha value is -4.50. The molecule has 0 saturated carbocycles. The van der Waals surface area contributed by atoms with Crippen molar-refractivity contribution in [2.75, 3.05) is 27.2 Å². The summed E-state index contributed by atoms with van der Waals surface area (Å²) >= 11 is 0. The van der Waals surface area contributed by atoms with E-state index in [1.807, 2.05) is 56.3 Å². The molecule has 0 bridgehead atoms. The van der Waals surface area contributed by atoms with E-state index in [1.54, 1.807) is 18.2 Å². The smallest absolute Gasteiger partial charge is 0.295 e. The number of amides is 1. The number of Topliss-reactive ketones (excluding diaryl/α,β-unsaturated/α-hetero) is 1. The molecule has 0 radical (unpaired) electrons. The van der Waals surface area contributed by atoms with Gasteiger partial charge in [0.2, 0.25) is 0 Å². The van der Waals surface area contributed by atoms with Crippen molar-refractivity contribution in [2.24, 2.45) is 0 Å². The Morgan fingerprint density at radius 3 is 2.36 bits per heavy atom. The molecule has 3 aromatic carbocycles. The van der Waals surface area contributed by atoms with Gasteiger partial charge in [0.15, 0.2) is 0 Å².